The van der Waals surface area contributed by atoms with E-state index < -0.39 is 6.04 Å². The number of aromatic nitrogens is 3. The summed E-state index contributed by atoms with van der Waals surface area (Å²) in [5, 5.41) is 18.8. The van der Waals surface area contributed by atoms with E-state index in [2.05, 4.69) is 19.2 Å². The minimum Gasteiger partial charge on any atom is -0.508 e. The Bertz CT molecular complexity index is 1190. The number of nitrogens with zero attached hydrogens (tertiary/aromatic N) is 3. The number of nitrogens with one attached hydrogen (secondary N) is 1. The molecule has 0 amide bonds. The highest BCUT2D eigenvalue weighted by molar-refractivity contribution is 6.30. The number of hydrogen-bond acceptors (Lipinski definition) is 5. The van der Waals surface area contributed by atoms with Gasteiger partial charge in [0.2, 0.25) is 5.95 Å². The Balaban J connectivity index is 1.68. The van der Waals surface area contributed by atoms with E-state index in [9.17, 15) is 9.90 Å². The third kappa shape index (κ3) is 3.17. The molecular formula is C23H21ClN4O2. The van der Waals surface area contributed by atoms with Crippen LogP contribution in [-0.2, 0) is 4.79 Å². The molecule has 1 atom stereocenters. The number of ketones is 1. The van der Waals surface area contributed by atoms with Crippen molar-refractivity contribution in [2.24, 2.45) is 5.41 Å². The Morgan fingerprint density at radius 1 is 1.17 bits per heavy atom. The fraction of sp³-hybridized carbons (Fsp3) is 0.261. The number of fused-ring (bicyclic) bond motifs is 1. The molecule has 0 fully saturated rings. The molecule has 2 aliphatic rings. The summed E-state index contributed by atoms with van der Waals surface area (Å²) in [6.07, 6.45) is 1.21. The van der Waals surface area contributed by atoms with Gasteiger partial charge in [-0.25, -0.2) is 4.68 Å². The number of benzene rings is 2. The van der Waals surface area contributed by atoms with Crippen LogP contribution in [0.15, 0.2) is 59.8 Å². The standard InChI is InChI=1S/C23H21ClN4O2/c1-23(2)11-17-19(18(30)12-23)20(14-4-3-5-16(29)10-14)28-22(25-17)26-21(27-28)13-6-8-15(24)9-7-13/h3-10,20,29H,11-12H2,1-2H3,(H,25,26,27). The number of Topliss-reactive ketones (excluding diaryl/α,β-unsaturated/α-hetero) is 1. The predicted molar refractivity (Wildman–Crippen MR) is 115 cm³/mol. The van der Waals surface area contributed by atoms with Crippen LogP contribution in [0.25, 0.3) is 11.4 Å². The summed E-state index contributed by atoms with van der Waals surface area (Å²) >= 11 is 6.02. The van der Waals surface area contributed by atoms with Crippen molar-refractivity contribution < 1.29 is 9.90 Å². The van der Waals surface area contributed by atoms with Gasteiger partial charge in [-0.05, 0) is 53.8 Å². The summed E-state index contributed by atoms with van der Waals surface area (Å²) < 4.78 is 1.74. The molecule has 5 rings (SSSR count). The molecule has 0 radical (unpaired) electrons. The van der Waals surface area contributed by atoms with E-state index in [1.807, 2.05) is 18.2 Å². The Hall–Kier alpha value is -3.12. The lowest BCUT2D eigenvalue weighted by atomic mass is 9.73. The molecule has 1 aliphatic carbocycles. The first-order valence-corrected chi connectivity index (χ1v) is 10.2. The van der Waals surface area contributed by atoms with Gasteiger partial charge in [0.25, 0.3) is 0 Å². The normalized spacial score (nSPS) is 19.8. The van der Waals surface area contributed by atoms with Gasteiger partial charge in [-0.3, -0.25) is 4.79 Å². The van der Waals surface area contributed by atoms with Crippen molar-refractivity contribution in [3.05, 3.63) is 70.4 Å². The number of carbonyl (C=O) groups is 1. The molecule has 2 heterocycles. The van der Waals surface area contributed by atoms with Gasteiger partial charge in [0, 0.05) is 28.3 Å². The topological polar surface area (TPSA) is 80.0 Å². The Morgan fingerprint density at radius 2 is 1.93 bits per heavy atom. The average Bonchev–Trinajstić information content (AvgIpc) is 3.09. The first kappa shape index (κ1) is 18.9. The number of allylic oxidation sites excluding steroid dienone is 2. The minimum absolute atomic E-state index is 0.0938. The van der Waals surface area contributed by atoms with E-state index in [1.165, 1.54) is 0 Å². The Morgan fingerprint density at radius 3 is 2.67 bits per heavy atom. The molecule has 3 aromatic rings. The van der Waals surface area contributed by atoms with Crippen molar-refractivity contribution in [2.45, 2.75) is 32.7 Å². The molecule has 0 saturated heterocycles. The molecule has 1 aliphatic heterocycles. The summed E-state index contributed by atoms with van der Waals surface area (Å²) in [7, 11) is 0. The van der Waals surface area contributed by atoms with Gasteiger partial charge in [0.1, 0.15) is 11.8 Å². The van der Waals surface area contributed by atoms with Crippen LogP contribution in [0.2, 0.25) is 5.02 Å². The van der Waals surface area contributed by atoms with Crippen LogP contribution in [-0.4, -0.2) is 25.7 Å². The number of carbonyl (C=O) groups excluding carboxylic acids is 1. The first-order valence-electron chi connectivity index (χ1n) is 9.85. The second-order valence-electron chi connectivity index (χ2n) is 8.67. The Labute approximate surface area is 179 Å². The van der Waals surface area contributed by atoms with Gasteiger partial charge in [0.15, 0.2) is 11.6 Å². The molecule has 7 heteroatoms. The second-order valence-corrected chi connectivity index (χ2v) is 9.10. The lowest BCUT2D eigenvalue weighted by molar-refractivity contribution is -0.118. The third-order valence-electron chi connectivity index (χ3n) is 5.62. The minimum atomic E-state index is -0.444. The molecular weight excluding hydrogens is 400 g/mol. The van der Waals surface area contributed by atoms with Crippen LogP contribution in [0.5, 0.6) is 5.75 Å². The number of aromatic hydroxyl groups is 1. The van der Waals surface area contributed by atoms with Crippen molar-refractivity contribution in [1.82, 2.24) is 14.8 Å². The first-order chi connectivity index (χ1) is 14.3. The second kappa shape index (κ2) is 6.71. The van der Waals surface area contributed by atoms with Crippen LogP contribution in [0.4, 0.5) is 5.95 Å². The molecule has 152 valence electrons. The molecule has 30 heavy (non-hydrogen) atoms. The summed E-state index contributed by atoms with van der Waals surface area (Å²) in [6.45, 7) is 4.19. The summed E-state index contributed by atoms with van der Waals surface area (Å²) in [5.41, 5.74) is 3.08. The molecule has 2 aromatic carbocycles. The molecule has 6 nitrogen and oxygen atoms in total. The fourth-order valence-corrected chi connectivity index (χ4v) is 4.46. The summed E-state index contributed by atoms with van der Waals surface area (Å²) in [5.74, 6) is 1.37. The van der Waals surface area contributed by atoms with E-state index in [-0.39, 0.29) is 16.9 Å². The Kier molecular flexibility index (Phi) is 4.22. The van der Waals surface area contributed by atoms with E-state index in [0.717, 1.165) is 23.2 Å². The van der Waals surface area contributed by atoms with Gasteiger partial charge in [-0.2, -0.15) is 4.98 Å². The number of halogens is 1. The lowest BCUT2D eigenvalue weighted by Crippen LogP contribution is -2.36. The fourth-order valence-electron chi connectivity index (χ4n) is 4.33. The largest absolute Gasteiger partial charge is 0.508 e. The number of hydrogen-bond donors (Lipinski definition) is 2. The number of phenolic OH excluding ortho intramolecular Hbond substituents is 1. The van der Waals surface area contributed by atoms with Crippen molar-refractivity contribution in [3.63, 3.8) is 0 Å². The van der Waals surface area contributed by atoms with Gasteiger partial charge in [-0.15, -0.1) is 5.10 Å². The van der Waals surface area contributed by atoms with Crippen LogP contribution >= 0.6 is 11.6 Å². The maximum absolute atomic E-state index is 13.2. The van der Waals surface area contributed by atoms with Crippen molar-refractivity contribution in [2.75, 3.05) is 5.32 Å². The zero-order chi connectivity index (χ0) is 21.0. The summed E-state index contributed by atoms with van der Waals surface area (Å²) in [4.78, 5) is 17.9. The van der Waals surface area contributed by atoms with Gasteiger partial charge < -0.3 is 10.4 Å². The molecule has 0 bridgehead atoms. The van der Waals surface area contributed by atoms with Gasteiger partial charge in [0.05, 0.1) is 0 Å². The summed E-state index contributed by atoms with van der Waals surface area (Å²) in [6, 6.07) is 13.9. The zero-order valence-corrected chi connectivity index (χ0v) is 17.4. The maximum Gasteiger partial charge on any atom is 0.226 e. The highest BCUT2D eigenvalue weighted by atomic mass is 35.5. The molecule has 0 spiro atoms. The van der Waals surface area contributed by atoms with Crippen LogP contribution in [0.1, 0.15) is 38.3 Å². The number of rotatable bonds is 2. The SMILES string of the molecule is CC1(C)CC(=O)C2=C(C1)Nc1nc(-c3ccc(Cl)cc3)nn1C2c1cccc(O)c1. The molecule has 0 saturated carbocycles. The monoisotopic (exact) mass is 420 g/mol. The quantitative estimate of drug-likeness (QED) is 0.612. The van der Waals surface area contributed by atoms with Gasteiger partial charge in [-0.1, -0.05) is 37.6 Å². The van der Waals surface area contributed by atoms with Crippen LogP contribution < -0.4 is 5.32 Å². The van der Waals surface area contributed by atoms with E-state index in [4.69, 9.17) is 21.7 Å². The van der Waals surface area contributed by atoms with E-state index in [0.29, 0.717) is 28.8 Å². The third-order valence-corrected chi connectivity index (χ3v) is 5.87. The highest BCUT2D eigenvalue weighted by Gasteiger charge is 2.42. The number of phenols is 1. The molecule has 1 unspecified atom stereocenters. The number of anilines is 1. The smallest absolute Gasteiger partial charge is 0.226 e. The van der Waals surface area contributed by atoms with E-state index >= 15 is 0 Å². The maximum atomic E-state index is 13.2. The van der Waals surface area contributed by atoms with Crippen molar-refractivity contribution >= 4 is 23.3 Å². The van der Waals surface area contributed by atoms with Crippen LogP contribution in [0, 0.1) is 5.41 Å². The highest BCUT2D eigenvalue weighted by Crippen LogP contribution is 2.46. The molecule has 1 aromatic heterocycles. The zero-order valence-electron chi connectivity index (χ0n) is 16.7. The predicted octanol–water partition coefficient (Wildman–Crippen LogP) is 4.96. The average molecular weight is 421 g/mol. The lowest BCUT2D eigenvalue weighted by Gasteiger charge is -2.38. The van der Waals surface area contributed by atoms with E-state index in [1.54, 1.807) is 35.0 Å². The van der Waals surface area contributed by atoms with Gasteiger partial charge >= 0.3 is 0 Å². The molecule has 2 N–H and O–H groups in total. The van der Waals surface area contributed by atoms with Crippen molar-refractivity contribution in [3.8, 4) is 17.1 Å². The van der Waals surface area contributed by atoms with Crippen LogP contribution in [0.3, 0.4) is 0 Å². The van der Waals surface area contributed by atoms with Crippen molar-refractivity contribution in [1.29, 1.82) is 0 Å².